The molecule has 0 aliphatic carbocycles. The number of nitrogens with one attached hydrogen (secondary N) is 1. The van der Waals surface area contributed by atoms with E-state index in [2.05, 4.69) is 21.4 Å². The summed E-state index contributed by atoms with van der Waals surface area (Å²) in [6.45, 7) is 1.84. The number of benzene rings is 1. The number of aromatic nitrogens is 2. The van der Waals surface area contributed by atoms with E-state index in [0.29, 0.717) is 11.4 Å². The number of hydrogen-bond acceptors (Lipinski definition) is 4. The zero-order valence-electron chi connectivity index (χ0n) is 9.11. The Morgan fingerprint density at radius 2 is 2.12 bits per heavy atom. The van der Waals surface area contributed by atoms with E-state index in [0.717, 1.165) is 11.4 Å². The predicted octanol–water partition coefficient (Wildman–Crippen LogP) is 3.05. The quantitative estimate of drug-likeness (QED) is 0.825. The van der Waals surface area contributed by atoms with Crippen LogP contribution in [0.5, 0.6) is 0 Å². The number of hydrogen-bond donors (Lipinski definition) is 1. The van der Waals surface area contributed by atoms with Gasteiger partial charge in [-0.05, 0) is 36.7 Å². The van der Waals surface area contributed by atoms with E-state index in [-0.39, 0.29) is 5.28 Å². The van der Waals surface area contributed by atoms with E-state index in [9.17, 15) is 0 Å². The van der Waals surface area contributed by atoms with Gasteiger partial charge in [0.05, 0.1) is 11.6 Å². The molecule has 0 saturated heterocycles. The molecule has 1 heterocycles. The molecule has 84 valence electrons. The van der Waals surface area contributed by atoms with E-state index >= 15 is 0 Å². The Morgan fingerprint density at radius 1 is 1.29 bits per heavy atom. The SMILES string of the molecule is Cc1cc(Nc2cccc(C#N)c2)nc(Cl)n1. The zero-order valence-corrected chi connectivity index (χ0v) is 9.86. The van der Waals surface area contributed by atoms with Gasteiger partial charge < -0.3 is 5.32 Å². The predicted molar refractivity (Wildman–Crippen MR) is 66.2 cm³/mol. The van der Waals surface area contributed by atoms with Crippen LogP contribution in [0.15, 0.2) is 30.3 Å². The Morgan fingerprint density at radius 3 is 2.82 bits per heavy atom. The Bertz CT molecular complexity index is 569. The summed E-state index contributed by atoms with van der Waals surface area (Å²) in [5, 5.41) is 12.1. The van der Waals surface area contributed by atoms with Crippen LogP contribution in [-0.4, -0.2) is 9.97 Å². The first-order chi connectivity index (χ1) is 8.17. The molecule has 0 radical (unpaired) electrons. The number of rotatable bonds is 2. The average Bonchev–Trinajstić information content (AvgIpc) is 2.28. The molecule has 0 saturated carbocycles. The van der Waals surface area contributed by atoms with Crippen LogP contribution in [0.4, 0.5) is 11.5 Å². The molecule has 17 heavy (non-hydrogen) atoms. The topological polar surface area (TPSA) is 61.6 Å². The highest BCUT2D eigenvalue weighted by Crippen LogP contribution is 2.17. The summed E-state index contributed by atoms with van der Waals surface area (Å²) in [4.78, 5) is 8.02. The first kappa shape index (κ1) is 11.4. The number of nitriles is 1. The van der Waals surface area contributed by atoms with Crippen LogP contribution < -0.4 is 5.32 Å². The monoisotopic (exact) mass is 244 g/mol. The van der Waals surface area contributed by atoms with E-state index in [1.165, 1.54) is 0 Å². The average molecular weight is 245 g/mol. The molecular formula is C12H9ClN4. The van der Waals surface area contributed by atoms with Crippen molar-refractivity contribution in [3.05, 3.63) is 46.9 Å². The molecule has 0 aliphatic heterocycles. The molecule has 0 amide bonds. The van der Waals surface area contributed by atoms with Crippen molar-refractivity contribution in [3.63, 3.8) is 0 Å². The zero-order chi connectivity index (χ0) is 12.3. The van der Waals surface area contributed by atoms with Crippen molar-refractivity contribution in [3.8, 4) is 6.07 Å². The van der Waals surface area contributed by atoms with Gasteiger partial charge in [-0.15, -0.1) is 0 Å². The fourth-order valence-electron chi connectivity index (χ4n) is 1.41. The normalized spacial score (nSPS) is 9.71. The van der Waals surface area contributed by atoms with Crippen molar-refractivity contribution in [1.82, 2.24) is 9.97 Å². The van der Waals surface area contributed by atoms with Gasteiger partial charge in [0.25, 0.3) is 0 Å². The van der Waals surface area contributed by atoms with E-state index < -0.39 is 0 Å². The summed E-state index contributed by atoms with van der Waals surface area (Å²) in [6.07, 6.45) is 0. The maximum Gasteiger partial charge on any atom is 0.224 e. The maximum atomic E-state index is 8.79. The molecule has 0 atom stereocenters. The van der Waals surface area contributed by atoms with Gasteiger partial charge in [-0.3, -0.25) is 0 Å². The highest BCUT2D eigenvalue weighted by Gasteiger charge is 2.01. The van der Waals surface area contributed by atoms with Crippen molar-refractivity contribution < 1.29 is 0 Å². The van der Waals surface area contributed by atoms with Crippen molar-refractivity contribution in [1.29, 1.82) is 5.26 Å². The van der Waals surface area contributed by atoms with Crippen LogP contribution >= 0.6 is 11.6 Å². The second-order valence-corrected chi connectivity index (χ2v) is 3.82. The minimum Gasteiger partial charge on any atom is -0.340 e. The summed E-state index contributed by atoms with van der Waals surface area (Å²) in [5.41, 5.74) is 2.16. The van der Waals surface area contributed by atoms with Gasteiger partial charge in [0, 0.05) is 17.4 Å². The molecule has 0 bridgehead atoms. The molecule has 4 nitrogen and oxygen atoms in total. The van der Waals surface area contributed by atoms with Gasteiger partial charge in [-0.2, -0.15) is 5.26 Å². The first-order valence-corrected chi connectivity index (χ1v) is 5.33. The molecule has 0 aliphatic rings. The fraction of sp³-hybridized carbons (Fsp3) is 0.0833. The number of halogens is 1. The van der Waals surface area contributed by atoms with E-state index in [4.69, 9.17) is 16.9 Å². The van der Waals surface area contributed by atoms with Crippen molar-refractivity contribution in [2.24, 2.45) is 0 Å². The molecule has 0 fully saturated rings. The summed E-state index contributed by atoms with van der Waals surface area (Å²) < 4.78 is 0. The molecule has 1 aromatic heterocycles. The Balaban J connectivity index is 2.28. The largest absolute Gasteiger partial charge is 0.340 e. The minimum atomic E-state index is 0.198. The highest BCUT2D eigenvalue weighted by molar-refractivity contribution is 6.28. The smallest absolute Gasteiger partial charge is 0.224 e. The van der Waals surface area contributed by atoms with Gasteiger partial charge in [0.15, 0.2) is 0 Å². The van der Waals surface area contributed by atoms with E-state index in [1.807, 2.05) is 13.0 Å². The fourth-order valence-corrected chi connectivity index (χ4v) is 1.64. The van der Waals surface area contributed by atoms with Crippen LogP contribution in [0.1, 0.15) is 11.3 Å². The summed E-state index contributed by atoms with van der Waals surface area (Å²) in [7, 11) is 0. The lowest BCUT2D eigenvalue weighted by Crippen LogP contribution is -1.96. The second kappa shape index (κ2) is 4.81. The van der Waals surface area contributed by atoms with E-state index in [1.54, 1.807) is 24.3 Å². The Hall–Kier alpha value is -2.12. The molecule has 2 rings (SSSR count). The van der Waals surface area contributed by atoms with Crippen LogP contribution in [0.2, 0.25) is 5.28 Å². The summed E-state index contributed by atoms with van der Waals surface area (Å²) in [6, 6.07) is 11.0. The minimum absolute atomic E-state index is 0.198. The highest BCUT2D eigenvalue weighted by atomic mass is 35.5. The molecule has 5 heteroatoms. The van der Waals surface area contributed by atoms with Crippen LogP contribution in [0.25, 0.3) is 0 Å². The standard InChI is InChI=1S/C12H9ClN4/c1-8-5-11(17-12(13)15-8)16-10-4-2-3-9(6-10)7-14/h2-6H,1H3,(H,15,16,17). The number of anilines is 2. The van der Waals surface area contributed by atoms with Crippen LogP contribution in [0.3, 0.4) is 0 Å². The second-order valence-electron chi connectivity index (χ2n) is 3.48. The summed E-state index contributed by atoms with van der Waals surface area (Å²) >= 11 is 5.76. The third-order valence-electron chi connectivity index (χ3n) is 2.09. The Labute approximate surface area is 104 Å². The van der Waals surface area contributed by atoms with Crippen molar-refractivity contribution in [2.45, 2.75) is 6.92 Å². The lowest BCUT2D eigenvalue weighted by Gasteiger charge is -2.06. The molecule has 0 spiro atoms. The van der Waals surface area contributed by atoms with Crippen LogP contribution in [0, 0.1) is 18.3 Å². The molecule has 0 unspecified atom stereocenters. The lowest BCUT2D eigenvalue weighted by atomic mass is 10.2. The summed E-state index contributed by atoms with van der Waals surface area (Å²) in [5.74, 6) is 0.609. The van der Waals surface area contributed by atoms with Crippen molar-refractivity contribution >= 4 is 23.1 Å². The number of nitrogens with zero attached hydrogens (tertiary/aromatic N) is 3. The third-order valence-corrected chi connectivity index (χ3v) is 2.26. The maximum absolute atomic E-state index is 8.79. The Kier molecular flexibility index (Phi) is 3.22. The number of aryl methyl sites for hydroxylation is 1. The molecular weight excluding hydrogens is 236 g/mol. The van der Waals surface area contributed by atoms with Gasteiger partial charge in [0.2, 0.25) is 5.28 Å². The molecule has 1 N–H and O–H groups in total. The van der Waals surface area contributed by atoms with Gasteiger partial charge in [0.1, 0.15) is 5.82 Å². The van der Waals surface area contributed by atoms with Crippen molar-refractivity contribution in [2.75, 3.05) is 5.32 Å². The lowest BCUT2D eigenvalue weighted by molar-refractivity contribution is 1.10. The van der Waals surface area contributed by atoms with Gasteiger partial charge in [-0.25, -0.2) is 9.97 Å². The first-order valence-electron chi connectivity index (χ1n) is 4.96. The van der Waals surface area contributed by atoms with Crippen LogP contribution in [-0.2, 0) is 0 Å². The third kappa shape index (κ3) is 2.92. The molecule has 2 aromatic rings. The van der Waals surface area contributed by atoms with Gasteiger partial charge >= 0.3 is 0 Å². The van der Waals surface area contributed by atoms with Gasteiger partial charge in [-0.1, -0.05) is 6.07 Å². The molecule has 1 aromatic carbocycles.